The highest BCUT2D eigenvalue weighted by Crippen LogP contribution is 2.17. The number of pyridine rings is 1. The molecule has 3 heterocycles. The zero-order chi connectivity index (χ0) is 16.4. The first-order chi connectivity index (χ1) is 11.0. The molecule has 0 fully saturated rings. The van der Waals surface area contributed by atoms with Crippen molar-refractivity contribution in [3.63, 3.8) is 0 Å². The second-order valence-corrected chi connectivity index (χ2v) is 5.29. The maximum atomic E-state index is 12.3. The molecule has 0 aliphatic heterocycles. The molecule has 23 heavy (non-hydrogen) atoms. The summed E-state index contributed by atoms with van der Waals surface area (Å²) in [6, 6.07) is 5.40. The van der Waals surface area contributed by atoms with Gasteiger partial charge in [-0.25, -0.2) is 0 Å². The third kappa shape index (κ3) is 3.21. The van der Waals surface area contributed by atoms with Crippen LogP contribution in [0.1, 0.15) is 16.4 Å². The van der Waals surface area contributed by atoms with Crippen LogP contribution in [0.15, 0.2) is 35.1 Å². The molecule has 0 unspecified atom stereocenters. The first-order valence-corrected chi connectivity index (χ1v) is 7.11. The summed E-state index contributed by atoms with van der Waals surface area (Å²) in [5.74, 6) is 0.346. The molecule has 8 nitrogen and oxygen atoms in total. The van der Waals surface area contributed by atoms with Crippen molar-refractivity contribution in [2.45, 2.75) is 6.54 Å². The zero-order valence-corrected chi connectivity index (χ0v) is 13.2. The average Bonchev–Trinajstić information content (AvgIpc) is 3.13. The van der Waals surface area contributed by atoms with E-state index in [2.05, 4.69) is 20.2 Å². The topological polar surface area (TPSA) is 89.9 Å². The summed E-state index contributed by atoms with van der Waals surface area (Å²) in [6.07, 6.45) is 3.21. The Morgan fingerprint density at radius 3 is 2.91 bits per heavy atom. The fourth-order valence-corrected chi connectivity index (χ4v) is 2.24. The van der Waals surface area contributed by atoms with Crippen LogP contribution in [0, 0.1) is 0 Å². The number of hydrogen-bond acceptors (Lipinski definition) is 6. The third-order valence-electron chi connectivity index (χ3n) is 3.07. The van der Waals surface area contributed by atoms with Crippen LogP contribution < -0.4 is 0 Å². The Labute approximate surface area is 136 Å². The maximum Gasteiger partial charge on any atom is 0.276 e. The number of carbonyl (C=O) groups is 1. The van der Waals surface area contributed by atoms with E-state index in [-0.39, 0.29) is 18.1 Å². The van der Waals surface area contributed by atoms with Crippen molar-refractivity contribution < 1.29 is 9.32 Å². The van der Waals surface area contributed by atoms with Gasteiger partial charge in [0, 0.05) is 26.5 Å². The lowest BCUT2D eigenvalue weighted by Gasteiger charge is -2.13. The molecule has 0 N–H and O–H groups in total. The van der Waals surface area contributed by atoms with Crippen LogP contribution in [-0.2, 0) is 13.6 Å². The van der Waals surface area contributed by atoms with Gasteiger partial charge in [0.25, 0.3) is 5.91 Å². The van der Waals surface area contributed by atoms with Gasteiger partial charge in [0.1, 0.15) is 12.2 Å². The number of nitrogens with zero attached hydrogens (tertiary/aromatic N) is 6. The Balaban J connectivity index is 1.73. The Morgan fingerprint density at radius 1 is 1.43 bits per heavy atom. The van der Waals surface area contributed by atoms with Crippen LogP contribution in [-0.4, -0.2) is 42.8 Å². The van der Waals surface area contributed by atoms with Crippen molar-refractivity contribution in [1.29, 1.82) is 0 Å². The lowest BCUT2D eigenvalue weighted by molar-refractivity contribution is 0.0763. The number of rotatable bonds is 4. The molecule has 0 aliphatic rings. The molecule has 0 atom stereocenters. The predicted octanol–water partition coefficient (Wildman–Crippen LogP) is 1.79. The van der Waals surface area contributed by atoms with E-state index in [1.807, 2.05) is 6.07 Å². The lowest BCUT2D eigenvalue weighted by atomic mass is 10.3. The minimum Gasteiger partial charge on any atom is -0.337 e. The average molecular weight is 333 g/mol. The number of aryl methyl sites for hydroxylation is 1. The van der Waals surface area contributed by atoms with Crippen LogP contribution in [0.3, 0.4) is 0 Å². The highest BCUT2D eigenvalue weighted by atomic mass is 35.5. The third-order valence-corrected chi connectivity index (χ3v) is 3.34. The number of carbonyl (C=O) groups excluding carboxylic acids is 1. The second kappa shape index (κ2) is 6.17. The monoisotopic (exact) mass is 332 g/mol. The molecule has 0 spiro atoms. The van der Waals surface area contributed by atoms with Gasteiger partial charge in [-0.2, -0.15) is 10.1 Å². The number of hydrogen-bond donors (Lipinski definition) is 0. The van der Waals surface area contributed by atoms with Crippen molar-refractivity contribution in [3.05, 3.63) is 47.2 Å². The van der Waals surface area contributed by atoms with Gasteiger partial charge in [0.15, 0.2) is 5.69 Å². The molecule has 0 saturated heterocycles. The van der Waals surface area contributed by atoms with Gasteiger partial charge in [-0.15, -0.1) is 0 Å². The molecule has 3 aromatic heterocycles. The summed E-state index contributed by atoms with van der Waals surface area (Å²) >= 11 is 5.98. The summed E-state index contributed by atoms with van der Waals surface area (Å²) in [7, 11) is 3.30. The fraction of sp³-hybridized carbons (Fsp3) is 0.214. The van der Waals surface area contributed by atoms with Crippen LogP contribution >= 0.6 is 11.6 Å². The Bertz CT molecular complexity index is 829. The van der Waals surface area contributed by atoms with Gasteiger partial charge in [-0.3, -0.25) is 14.5 Å². The molecule has 0 aliphatic carbocycles. The highest BCUT2D eigenvalue weighted by Gasteiger charge is 2.21. The van der Waals surface area contributed by atoms with Crippen LogP contribution in [0.25, 0.3) is 11.5 Å². The van der Waals surface area contributed by atoms with Crippen molar-refractivity contribution in [2.24, 2.45) is 7.05 Å². The molecule has 0 saturated carbocycles. The smallest absolute Gasteiger partial charge is 0.276 e. The molecule has 0 bridgehead atoms. The quantitative estimate of drug-likeness (QED) is 0.723. The molecule has 3 aromatic rings. The molecule has 1 amide bonds. The largest absolute Gasteiger partial charge is 0.337 e. The molecule has 0 radical (unpaired) electrons. The summed E-state index contributed by atoms with van der Waals surface area (Å²) in [4.78, 5) is 22.1. The standard InChI is InChI=1S/C14H13ClN6O2/c1-20(14(22)12-9(15)7-21(2)18-12)8-11-17-13(19-23-11)10-5-3-4-6-16-10/h3-7H,8H2,1-2H3. The minimum atomic E-state index is -0.326. The molecular formula is C14H13ClN6O2. The number of amides is 1. The lowest BCUT2D eigenvalue weighted by Crippen LogP contribution is -2.27. The normalized spacial score (nSPS) is 10.7. The van der Waals surface area contributed by atoms with Crippen molar-refractivity contribution >= 4 is 17.5 Å². The van der Waals surface area contributed by atoms with E-state index >= 15 is 0 Å². The zero-order valence-electron chi connectivity index (χ0n) is 12.5. The van der Waals surface area contributed by atoms with Gasteiger partial charge in [-0.05, 0) is 12.1 Å². The summed E-state index contributed by atoms with van der Waals surface area (Å²) < 4.78 is 6.64. The summed E-state index contributed by atoms with van der Waals surface area (Å²) in [5.41, 5.74) is 0.783. The van der Waals surface area contributed by atoms with Gasteiger partial charge < -0.3 is 9.42 Å². The maximum absolute atomic E-state index is 12.3. The van der Waals surface area contributed by atoms with E-state index < -0.39 is 0 Å². The Hall–Kier alpha value is -2.74. The van der Waals surface area contributed by atoms with E-state index in [0.717, 1.165) is 0 Å². The Kier molecular flexibility index (Phi) is 4.07. The van der Waals surface area contributed by atoms with Crippen molar-refractivity contribution in [1.82, 2.24) is 29.8 Å². The molecular weight excluding hydrogens is 320 g/mol. The first-order valence-electron chi connectivity index (χ1n) is 6.73. The second-order valence-electron chi connectivity index (χ2n) is 4.89. The summed E-state index contributed by atoms with van der Waals surface area (Å²) in [6.45, 7) is 0.144. The summed E-state index contributed by atoms with van der Waals surface area (Å²) in [5, 5.41) is 8.20. The van der Waals surface area contributed by atoms with E-state index in [0.29, 0.717) is 22.4 Å². The van der Waals surface area contributed by atoms with Crippen molar-refractivity contribution in [2.75, 3.05) is 7.05 Å². The van der Waals surface area contributed by atoms with Gasteiger partial charge in [0.05, 0.1) is 5.02 Å². The molecule has 3 rings (SSSR count). The Morgan fingerprint density at radius 2 is 2.26 bits per heavy atom. The minimum absolute atomic E-state index is 0.144. The molecule has 9 heteroatoms. The van der Waals surface area contributed by atoms with E-state index in [9.17, 15) is 4.79 Å². The van der Waals surface area contributed by atoms with Gasteiger partial charge in [-0.1, -0.05) is 22.8 Å². The molecule has 0 aromatic carbocycles. The van der Waals surface area contributed by atoms with Crippen molar-refractivity contribution in [3.8, 4) is 11.5 Å². The van der Waals surface area contributed by atoms with Crippen LogP contribution in [0.2, 0.25) is 5.02 Å². The number of aromatic nitrogens is 5. The van der Waals surface area contributed by atoms with E-state index in [4.69, 9.17) is 16.1 Å². The SMILES string of the molecule is CN(Cc1nc(-c2ccccn2)no1)C(=O)c1nn(C)cc1Cl. The first kappa shape index (κ1) is 15.2. The van der Waals surface area contributed by atoms with Crippen LogP contribution in [0.5, 0.6) is 0 Å². The highest BCUT2D eigenvalue weighted by molar-refractivity contribution is 6.33. The molecule has 118 valence electrons. The van der Waals surface area contributed by atoms with E-state index in [1.54, 1.807) is 38.6 Å². The fourth-order valence-electron chi connectivity index (χ4n) is 1.98. The van der Waals surface area contributed by atoms with Crippen LogP contribution in [0.4, 0.5) is 0 Å². The van der Waals surface area contributed by atoms with Gasteiger partial charge >= 0.3 is 0 Å². The van der Waals surface area contributed by atoms with E-state index in [1.165, 1.54) is 9.58 Å². The number of halogens is 1. The predicted molar refractivity (Wildman–Crippen MR) is 81.5 cm³/mol. The van der Waals surface area contributed by atoms with Gasteiger partial charge in [0.2, 0.25) is 11.7 Å².